The van der Waals surface area contributed by atoms with Crippen LogP contribution in [0.5, 0.6) is 0 Å². The van der Waals surface area contributed by atoms with E-state index in [9.17, 15) is 14.4 Å². The van der Waals surface area contributed by atoms with Crippen LogP contribution in [0.4, 0.5) is 4.79 Å². The molecule has 7 nitrogen and oxygen atoms in total. The second kappa shape index (κ2) is 8.09. The molecule has 0 spiro atoms. The van der Waals surface area contributed by atoms with Gasteiger partial charge in [-0.2, -0.15) is 0 Å². The zero-order chi connectivity index (χ0) is 16.0. The molecule has 1 saturated heterocycles. The van der Waals surface area contributed by atoms with Crippen LogP contribution in [-0.4, -0.2) is 66.2 Å². The maximum absolute atomic E-state index is 12.2. The van der Waals surface area contributed by atoms with Crippen molar-refractivity contribution in [1.82, 2.24) is 9.80 Å². The van der Waals surface area contributed by atoms with Crippen molar-refractivity contribution in [3.63, 3.8) is 0 Å². The van der Waals surface area contributed by atoms with E-state index in [1.165, 1.54) is 0 Å². The van der Waals surface area contributed by atoms with Gasteiger partial charge >= 0.3 is 6.03 Å². The quantitative estimate of drug-likeness (QED) is 0.625. The lowest BCUT2D eigenvalue weighted by Gasteiger charge is -2.32. The molecule has 0 radical (unpaired) electrons. The summed E-state index contributed by atoms with van der Waals surface area (Å²) in [6.45, 7) is 8.34. The fraction of sp³-hybridized carbons (Fsp3) is 0.786. The van der Waals surface area contributed by atoms with Gasteiger partial charge in [-0.3, -0.25) is 19.4 Å². The zero-order valence-electron chi connectivity index (χ0n) is 13.1. The van der Waals surface area contributed by atoms with Gasteiger partial charge < -0.3 is 9.47 Å². The number of imide groups is 2. The van der Waals surface area contributed by atoms with Gasteiger partial charge in [-0.1, -0.05) is 0 Å². The Morgan fingerprint density at radius 1 is 0.857 bits per heavy atom. The highest BCUT2D eigenvalue weighted by Gasteiger charge is 2.37. The van der Waals surface area contributed by atoms with E-state index >= 15 is 0 Å². The molecule has 0 atom stereocenters. The summed E-state index contributed by atoms with van der Waals surface area (Å²) in [6.07, 6.45) is -0.232. The Balaban J connectivity index is 2.57. The summed E-state index contributed by atoms with van der Waals surface area (Å²) in [5.41, 5.74) is 0. The number of hydrogen-bond donors (Lipinski definition) is 0. The lowest BCUT2D eigenvalue weighted by atomic mass is 10.2. The Bertz CT molecular complexity index is 361. The summed E-state index contributed by atoms with van der Waals surface area (Å²) in [7, 11) is 0. The second-order valence-electron chi connectivity index (χ2n) is 5.39. The lowest BCUT2D eigenvalue weighted by Crippen LogP contribution is -2.56. The minimum Gasteiger partial charge on any atom is -0.377 e. The monoisotopic (exact) mass is 300 g/mol. The van der Waals surface area contributed by atoms with E-state index in [2.05, 4.69) is 0 Å². The molecule has 7 heteroatoms. The van der Waals surface area contributed by atoms with Gasteiger partial charge in [0.1, 0.15) is 6.42 Å². The molecule has 1 heterocycles. The predicted octanol–water partition coefficient (Wildman–Crippen LogP) is 1.02. The third-order valence-corrected chi connectivity index (χ3v) is 2.90. The number of carbonyl (C=O) groups is 3. The first-order valence-corrected chi connectivity index (χ1v) is 7.20. The minimum absolute atomic E-state index is 0.0252. The molecule has 1 aliphatic rings. The first-order valence-electron chi connectivity index (χ1n) is 7.20. The van der Waals surface area contributed by atoms with Crippen LogP contribution in [0.2, 0.25) is 0 Å². The summed E-state index contributed by atoms with van der Waals surface area (Å²) in [4.78, 5) is 37.9. The lowest BCUT2D eigenvalue weighted by molar-refractivity contribution is -0.143. The van der Waals surface area contributed by atoms with E-state index in [1.54, 1.807) is 0 Å². The van der Waals surface area contributed by atoms with Crippen LogP contribution < -0.4 is 0 Å². The highest BCUT2D eigenvalue weighted by Crippen LogP contribution is 2.12. The highest BCUT2D eigenvalue weighted by atomic mass is 16.5. The number of nitrogens with zero attached hydrogens (tertiary/aromatic N) is 2. The summed E-state index contributed by atoms with van der Waals surface area (Å²) >= 11 is 0. The standard InChI is InChI=1S/C14H24N2O5/c1-10(2)20-7-5-15-12(17)9-13(18)16(14(15)19)6-8-21-11(3)4/h10-11H,5-9H2,1-4H3. The number of carbonyl (C=O) groups excluding carboxylic acids is 3. The maximum atomic E-state index is 12.2. The van der Waals surface area contributed by atoms with Crippen molar-refractivity contribution in [2.24, 2.45) is 0 Å². The third kappa shape index (κ3) is 5.43. The molecule has 4 amide bonds. The van der Waals surface area contributed by atoms with Gasteiger partial charge in [0, 0.05) is 0 Å². The van der Waals surface area contributed by atoms with Crippen molar-refractivity contribution < 1.29 is 23.9 Å². The fourth-order valence-electron chi connectivity index (χ4n) is 1.88. The average molecular weight is 300 g/mol. The molecule has 0 bridgehead atoms. The summed E-state index contributed by atoms with van der Waals surface area (Å²) in [5, 5.41) is 0. The zero-order valence-corrected chi connectivity index (χ0v) is 13.1. The van der Waals surface area contributed by atoms with E-state index in [4.69, 9.17) is 9.47 Å². The van der Waals surface area contributed by atoms with Crippen LogP contribution >= 0.6 is 0 Å². The van der Waals surface area contributed by atoms with Crippen LogP contribution in [0.3, 0.4) is 0 Å². The summed E-state index contributed by atoms with van der Waals surface area (Å²) < 4.78 is 10.7. The molecule has 120 valence electrons. The highest BCUT2D eigenvalue weighted by molar-refractivity contribution is 6.14. The summed E-state index contributed by atoms with van der Waals surface area (Å²) in [5.74, 6) is -0.947. The van der Waals surface area contributed by atoms with Crippen molar-refractivity contribution in [3.8, 4) is 0 Å². The number of barbiturate groups is 1. The molecule has 0 aromatic heterocycles. The van der Waals surface area contributed by atoms with Gasteiger partial charge in [0.05, 0.1) is 38.5 Å². The number of amides is 4. The second-order valence-corrected chi connectivity index (χ2v) is 5.39. The van der Waals surface area contributed by atoms with Crippen LogP contribution in [-0.2, 0) is 19.1 Å². The Morgan fingerprint density at radius 2 is 1.24 bits per heavy atom. The Morgan fingerprint density at radius 3 is 1.57 bits per heavy atom. The van der Waals surface area contributed by atoms with E-state index in [1.807, 2.05) is 27.7 Å². The molecular weight excluding hydrogens is 276 g/mol. The normalized spacial score (nSPS) is 16.6. The average Bonchev–Trinajstić information content (AvgIpc) is 2.36. The first-order chi connectivity index (χ1) is 9.82. The van der Waals surface area contributed by atoms with Crippen LogP contribution in [0, 0.1) is 0 Å². The SMILES string of the molecule is CC(C)OCCN1C(=O)CC(=O)N(CCOC(C)C)C1=O. The number of ether oxygens (including phenoxy) is 2. The topological polar surface area (TPSA) is 76.2 Å². The smallest absolute Gasteiger partial charge is 0.333 e. The van der Waals surface area contributed by atoms with Crippen molar-refractivity contribution >= 4 is 17.8 Å². The third-order valence-electron chi connectivity index (χ3n) is 2.90. The molecule has 0 aromatic carbocycles. The van der Waals surface area contributed by atoms with Crippen LogP contribution in [0.15, 0.2) is 0 Å². The van der Waals surface area contributed by atoms with Crippen molar-refractivity contribution in [2.75, 3.05) is 26.3 Å². The maximum Gasteiger partial charge on any atom is 0.333 e. The minimum atomic E-state index is -0.587. The molecule has 1 rings (SSSR count). The molecule has 0 aromatic rings. The van der Waals surface area contributed by atoms with Gasteiger partial charge in [0.15, 0.2) is 0 Å². The molecule has 21 heavy (non-hydrogen) atoms. The van der Waals surface area contributed by atoms with Crippen molar-refractivity contribution in [1.29, 1.82) is 0 Å². The van der Waals surface area contributed by atoms with E-state index in [0.717, 1.165) is 9.80 Å². The van der Waals surface area contributed by atoms with Gasteiger partial charge in [-0.05, 0) is 27.7 Å². The Labute approximate surface area is 125 Å². The fourth-order valence-corrected chi connectivity index (χ4v) is 1.88. The van der Waals surface area contributed by atoms with Crippen LogP contribution in [0.1, 0.15) is 34.1 Å². The molecule has 0 aliphatic carbocycles. The van der Waals surface area contributed by atoms with Crippen molar-refractivity contribution in [3.05, 3.63) is 0 Å². The van der Waals surface area contributed by atoms with Crippen molar-refractivity contribution in [2.45, 2.75) is 46.3 Å². The predicted molar refractivity (Wildman–Crippen MR) is 75.6 cm³/mol. The van der Waals surface area contributed by atoms with Gasteiger partial charge in [0.2, 0.25) is 11.8 Å². The van der Waals surface area contributed by atoms with E-state index < -0.39 is 17.8 Å². The number of rotatable bonds is 8. The molecule has 0 saturated carbocycles. The van der Waals surface area contributed by atoms with Gasteiger partial charge in [-0.25, -0.2) is 4.79 Å². The molecule has 1 aliphatic heterocycles. The summed E-state index contributed by atoms with van der Waals surface area (Å²) in [6, 6.07) is -0.587. The Kier molecular flexibility index (Phi) is 6.77. The largest absolute Gasteiger partial charge is 0.377 e. The van der Waals surface area contributed by atoms with E-state index in [-0.39, 0.29) is 44.9 Å². The molecule has 0 unspecified atom stereocenters. The number of urea groups is 1. The molecule has 1 fully saturated rings. The number of hydrogen-bond acceptors (Lipinski definition) is 5. The first kappa shape index (κ1) is 17.6. The Hall–Kier alpha value is -1.47. The molecular formula is C14H24N2O5. The molecule has 0 N–H and O–H groups in total. The van der Waals surface area contributed by atoms with Gasteiger partial charge in [0.25, 0.3) is 0 Å². The van der Waals surface area contributed by atoms with Crippen LogP contribution in [0.25, 0.3) is 0 Å². The van der Waals surface area contributed by atoms with Gasteiger partial charge in [-0.15, -0.1) is 0 Å². The van der Waals surface area contributed by atoms with E-state index in [0.29, 0.717) is 0 Å².